The molecule has 1 aromatic carbocycles. The number of benzene rings is 1. The first-order chi connectivity index (χ1) is 13.1. The summed E-state index contributed by atoms with van der Waals surface area (Å²) in [5.41, 5.74) is 1.03. The van der Waals surface area contributed by atoms with Crippen LogP contribution in [0.25, 0.3) is 0 Å². The van der Waals surface area contributed by atoms with Crippen LogP contribution in [0.15, 0.2) is 40.6 Å². The zero-order valence-electron chi connectivity index (χ0n) is 14.7. The maximum absolute atomic E-state index is 12.1. The number of azo groups is 1. The van der Waals surface area contributed by atoms with Gasteiger partial charge < -0.3 is 14.4 Å². The van der Waals surface area contributed by atoms with Gasteiger partial charge >= 0.3 is 5.97 Å². The Labute approximate surface area is 159 Å². The second-order valence-electron chi connectivity index (χ2n) is 5.59. The van der Waals surface area contributed by atoms with Crippen LogP contribution in [-0.4, -0.2) is 43.8 Å². The van der Waals surface area contributed by atoms with Crippen LogP contribution in [-0.2, 0) is 9.47 Å². The van der Waals surface area contributed by atoms with E-state index in [1.807, 2.05) is 0 Å². The van der Waals surface area contributed by atoms with Crippen molar-refractivity contribution >= 4 is 39.4 Å². The summed E-state index contributed by atoms with van der Waals surface area (Å²) in [6, 6.07) is 7.44. The smallest absolute Gasteiger partial charge is 0.348 e. The average Bonchev–Trinajstić information content (AvgIpc) is 3.12. The molecule has 0 radical (unpaired) electrons. The van der Waals surface area contributed by atoms with Crippen LogP contribution in [0.2, 0.25) is 0 Å². The van der Waals surface area contributed by atoms with Gasteiger partial charge in [0.25, 0.3) is 5.69 Å². The highest BCUT2D eigenvalue weighted by atomic mass is 32.1. The number of rotatable bonds is 6. The second kappa shape index (κ2) is 8.69. The van der Waals surface area contributed by atoms with Gasteiger partial charge in [-0.25, -0.2) is 4.79 Å². The topological polar surface area (TPSA) is 107 Å². The fourth-order valence-electron chi connectivity index (χ4n) is 2.49. The monoisotopic (exact) mass is 390 g/mol. The van der Waals surface area contributed by atoms with Crippen LogP contribution in [0.5, 0.6) is 0 Å². The molecule has 9 nitrogen and oxygen atoms in total. The van der Waals surface area contributed by atoms with Crippen molar-refractivity contribution in [3.8, 4) is 0 Å². The third-order valence-corrected chi connectivity index (χ3v) is 4.97. The maximum atomic E-state index is 12.1. The fraction of sp³-hybridized carbons (Fsp3) is 0.353. The zero-order chi connectivity index (χ0) is 19.2. The number of thiophene rings is 1. The number of nitro groups is 1. The van der Waals surface area contributed by atoms with Crippen LogP contribution in [0.3, 0.4) is 0 Å². The number of anilines is 1. The Morgan fingerprint density at radius 1 is 1.30 bits per heavy atom. The molecular weight excluding hydrogens is 372 g/mol. The van der Waals surface area contributed by atoms with Gasteiger partial charge in [0.1, 0.15) is 15.6 Å². The van der Waals surface area contributed by atoms with Crippen molar-refractivity contribution in [2.45, 2.75) is 6.92 Å². The lowest BCUT2D eigenvalue weighted by Crippen LogP contribution is -2.35. The lowest BCUT2D eigenvalue weighted by Gasteiger charge is -2.27. The number of nitrogens with zero attached hydrogens (tertiary/aromatic N) is 4. The first-order valence-electron chi connectivity index (χ1n) is 8.38. The summed E-state index contributed by atoms with van der Waals surface area (Å²) in [7, 11) is 0. The Morgan fingerprint density at radius 2 is 2.00 bits per heavy atom. The van der Waals surface area contributed by atoms with E-state index >= 15 is 0 Å². The van der Waals surface area contributed by atoms with E-state index in [1.54, 1.807) is 13.0 Å². The highest BCUT2D eigenvalue weighted by molar-refractivity contribution is 7.18. The van der Waals surface area contributed by atoms with Crippen molar-refractivity contribution in [2.24, 2.45) is 10.2 Å². The molecule has 27 heavy (non-hydrogen) atoms. The van der Waals surface area contributed by atoms with Crippen molar-refractivity contribution in [3.63, 3.8) is 0 Å². The number of hydrogen-bond donors (Lipinski definition) is 0. The summed E-state index contributed by atoms with van der Waals surface area (Å²) in [6.07, 6.45) is 0. The number of ether oxygens (including phenoxy) is 2. The largest absolute Gasteiger partial charge is 0.462 e. The SMILES string of the molecule is CCOC(=O)c1cc(N=Nc2ccc([N+](=O)[O-])cc2)c(N2CCOCC2)s1. The Bertz CT molecular complexity index is 844. The summed E-state index contributed by atoms with van der Waals surface area (Å²) in [5.74, 6) is -0.395. The van der Waals surface area contributed by atoms with Gasteiger partial charge in [0.2, 0.25) is 0 Å². The normalized spacial score (nSPS) is 14.5. The van der Waals surface area contributed by atoms with E-state index in [-0.39, 0.29) is 5.69 Å². The minimum absolute atomic E-state index is 0.0110. The van der Waals surface area contributed by atoms with Crippen LogP contribution in [0.4, 0.5) is 22.1 Å². The van der Waals surface area contributed by atoms with Gasteiger partial charge in [0.15, 0.2) is 0 Å². The first kappa shape index (κ1) is 18.9. The van der Waals surface area contributed by atoms with Gasteiger partial charge in [-0.3, -0.25) is 10.1 Å². The second-order valence-corrected chi connectivity index (χ2v) is 6.63. The Balaban J connectivity index is 1.87. The Kier molecular flexibility index (Phi) is 6.09. The van der Waals surface area contributed by atoms with Gasteiger partial charge in [-0.2, -0.15) is 5.11 Å². The molecule has 1 saturated heterocycles. The molecule has 0 aliphatic carbocycles. The van der Waals surface area contributed by atoms with Crippen LogP contribution in [0, 0.1) is 10.1 Å². The number of nitro benzene ring substituents is 1. The third-order valence-electron chi connectivity index (χ3n) is 3.80. The number of non-ortho nitro benzene ring substituents is 1. The van der Waals surface area contributed by atoms with Crippen molar-refractivity contribution in [3.05, 3.63) is 45.3 Å². The molecule has 1 aliphatic heterocycles. The highest BCUT2D eigenvalue weighted by Gasteiger charge is 2.21. The third kappa shape index (κ3) is 4.66. The average molecular weight is 390 g/mol. The van der Waals surface area contributed by atoms with Crippen molar-refractivity contribution in [2.75, 3.05) is 37.8 Å². The van der Waals surface area contributed by atoms with Crippen molar-refractivity contribution in [1.82, 2.24) is 0 Å². The van der Waals surface area contributed by atoms with E-state index in [2.05, 4.69) is 15.1 Å². The molecule has 0 unspecified atom stereocenters. The molecule has 10 heteroatoms. The van der Waals surface area contributed by atoms with E-state index in [0.717, 1.165) is 5.00 Å². The van der Waals surface area contributed by atoms with E-state index in [9.17, 15) is 14.9 Å². The summed E-state index contributed by atoms with van der Waals surface area (Å²) < 4.78 is 10.5. The van der Waals surface area contributed by atoms with Crippen molar-refractivity contribution in [1.29, 1.82) is 0 Å². The predicted molar refractivity (Wildman–Crippen MR) is 101 cm³/mol. The molecule has 0 saturated carbocycles. The minimum Gasteiger partial charge on any atom is -0.462 e. The fourth-order valence-corrected chi connectivity index (χ4v) is 3.53. The van der Waals surface area contributed by atoms with Crippen molar-refractivity contribution < 1.29 is 19.2 Å². The molecule has 0 atom stereocenters. The summed E-state index contributed by atoms with van der Waals surface area (Å²) in [4.78, 5) is 24.9. The number of carbonyl (C=O) groups excluding carboxylic acids is 1. The number of morpholine rings is 1. The molecule has 2 heterocycles. The predicted octanol–water partition coefficient (Wildman–Crippen LogP) is 4.09. The van der Waals surface area contributed by atoms with Gasteiger partial charge in [0.05, 0.1) is 30.4 Å². The quantitative estimate of drug-likeness (QED) is 0.318. The standard InChI is InChI=1S/C17H18N4O5S/c1-2-26-17(22)15-11-14(16(27-15)20-7-9-25-10-8-20)19-18-12-3-5-13(6-4-12)21(23)24/h3-6,11H,2,7-10H2,1H3. The van der Waals surface area contributed by atoms with Crippen LogP contribution < -0.4 is 4.90 Å². The molecule has 1 fully saturated rings. The number of carbonyl (C=O) groups is 1. The minimum atomic E-state index is -0.470. The molecule has 1 aromatic heterocycles. The first-order valence-corrected chi connectivity index (χ1v) is 9.20. The molecule has 1 aliphatic rings. The molecule has 0 bridgehead atoms. The summed E-state index contributed by atoms with van der Waals surface area (Å²) >= 11 is 1.31. The van der Waals surface area contributed by atoms with Gasteiger partial charge in [-0.15, -0.1) is 16.5 Å². The lowest BCUT2D eigenvalue weighted by molar-refractivity contribution is -0.384. The Morgan fingerprint density at radius 3 is 2.63 bits per heavy atom. The molecule has 3 rings (SSSR count). The zero-order valence-corrected chi connectivity index (χ0v) is 15.5. The summed E-state index contributed by atoms with van der Waals surface area (Å²) in [6.45, 7) is 4.65. The lowest BCUT2D eigenvalue weighted by atomic mass is 10.3. The van der Waals surface area contributed by atoms with Gasteiger partial charge in [-0.1, -0.05) is 0 Å². The van der Waals surface area contributed by atoms with E-state index in [1.165, 1.54) is 35.6 Å². The van der Waals surface area contributed by atoms with Crippen LogP contribution >= 0.6 is 11.3 Å². The maximum Gasteiger partial charge on any atom is 0.348 e. The van der Waals surface area contributed by atoms with Crippen LogP contribution in [0.1, 0.15) is 16.6 Å². The molecule has 142 valence electrons. The Hall–Kier alpha value is -2.85. The molecule has 2 aromatic rings. The van der Waals surface area contributed by atoms with E-state index in [0.29, 0.717) is 49.2 Å². The van der Waals surface area contributed by atoms with E-state index < -0.39 is 10.9 Å². The molecule has 0 spiro atoms. The summed E-state index contributed by atoms with van der Waals surface area (Å²) in [5, 5.41) is 20.0. The van der Waals surface area contributed by atoms with Gasteiger partial charge in [0, 0.05) is 25.2 Å². The highest BCUT2D eigenvalue weighted by Crippen LogP contribution is 2.39. The van der Waals surface area contributed by atoms with E-state index in [4.69, 9.17) is 9.47 Å². The molecule has 0 N–H and O–H groups in total. The number of esters is 1. The van der Waals surface area contributed by atoms with Gasteiger partial charge in [-0.05, 0) is 25.1 Å². The number of hydrogen-bond acceptors (Lipinski definition) is 9. The molecule has 0 amide bonds. The molecular formula is C17H18N4O5S.